The number of hydrogen-bond acceptors (Lipinski definition) is 9. The fraction of sp³-hybridized carbons (Fsp3) is 0.316. The molecule has 5 N–H and O–H groups in total. The first kappa shape index (κ1) is 22.5. The Morgan fingerprint density at radius 1 is 1.12 bits per heavy atom. The van der Waals surface area contributed by atoms with E-state index in [2.05, 4.69) is 15.3 Å². The molecule has 0 spiro atoms. The summed E-state index contributed by atoms with van der Waals surface area (Å²) in [6.07, 6.45) is -1.05. The lowest BCUT2D eigenvalue weighted by Crippen LogP contribution is -2.55. The van der Waals surface area contributed by atoms with Gasteiger partial charge < -0.3 is 25.8 Å². The Morgan fingerprint density at radius 2 is 1.84 bits per heavy atom. The summed E-state index contributed by atoms with van der Waals surface area (Å²) < 4.78 is 47.2. The first-order chi connectivity index (χ1) is 15.3. The number of nitrogen functional groups attached to an aromatic ring is 1. The normalized spacial score (nSPS) is 25.8. The number of pyridine rings is 1. The number of aliphatic hydroxyl groups excluding tert-OH is 3. The topological polar surface area (TPSA) is 140 Å². The lowest BCUT2D eigenvalue weighted by atomic mass is 9.97. The predicted molar refractivity (Wildman–Crippen MR) is 107 cm³/mol. The summed E-state index contributed by atoms with van der Waals surface area (Å²) in [6, 6.07) is 3.61. The monoisotopic (exact) mass is 469 g/mol. The minimum Gasteiger partial charge on any atom is -0.394 e. The minimum absolute atomic E-state index is 0.0136. The van der Waals surface area contributed by atoms with Gasteiger partial charge in [0, 0.05) is 16.7 Å². The van der Waals surface area contributed by atoms with Crippen LogP contribution < -0.4 is 5.73 Å². The van der Waals surface area contributed by atoms with Crippen LogP contribution in [0.1, 0.15) is 6.04 Å². The molecule has 1 aliphatic heterocycles. The van der Waals surface area contributed by atoms with E-state index in [-0.39, 0.29) is 17.1 Å². The zero-order valence-electron chi connectivity index (χ0n) is 16.2. The van der Waals surface area contributed by atoms with Crippen molar-refractivity contribution in [2.24, 2.45) is 0 Å². The van der Waals surface area contributed by atoms with Crippen LogP contribution in [0.5, 0.6) is 0 Å². The summed E-state index contributed by atoms with van der Waals surface area (Å²) in [5.74, 6) is -4.14. The SMILES string of the molecule is Nc1cc(S[C@H]2OC(CO)[C@H](O)C(n3cc(-c4cc(F)c(F)c(F)c4)nn3)C2O)ccn1. The summed E-state index contributed by atoms with van der Waals surface area (Å²) >= 11 is 1.10. The molecule has 1 aromatic carbocycles. The summed E-state index contributed by atoms with van der Waals surface area (Å²) in [6.45, 7) is -0.546. The van der Waals surface area contributed by atoms with Gasteiger partial charge >= 0.3 is 0 Å². The molecule has 1 aliphatic rings. The number of ether oxygens (including phenoxy) is 1. The Kier molecular flexibility index (Phi) is 6.35. The smallest absolute Gasteiger partial charge is 0.194 e. The summed E-state index contributed by atoms with van der Waals surface area (Å²) in [7, 11) is 0. The molecule has 0 amide bonds. The Labute approximate surface area is 183 Å². The Hall–Kier alpha value is -2.71. The molecular formula is C19H18F3N5O4S. The van der Waals surface area contributed by atoms with E-state index in [0.717, 1.165) is 28.6 Å². The van der Waals surface area contributed by atoms with Gasteiger partial charge in [-0.25, -0.2) is 22.8 Å². The van der Waals surface area contributed by atoms with Gasteiger partial charge in [-0.05, 0) is 24.3 Å². The molecule has 170 valence electrons. The fourth-order valence-corrected chi connectivity index (χ4v) is 4.47. The molecule has 9 nitrogen and oxygen atoms in total. The van der Waals surface area contributed by atoms with Crippen molar-refractivity contribution in [1.29, 1.82) is 0 Å². The van der Waals surface area contributed by atoms with Gasteiger partial charge in [-0.1, -0.05) is 17.0 Å². The summed E-state index contributed by atoms with van der Waals surface area (Å²) in [5, 5.41) is 38.9. The van der Waals surface area contributed by atoms with Gasteiger partial charge in [-0.2, -0.15) is 0 Å². The second-order valence-corrected chi connectivity index (χ2v) is 8.24. The molecular weight excluding hydrogens is 451 g/mol. The molecule has 0 saturated carbocycles. The van der Waals surface area contributed by atoms with Crippen LogP contribution in [0.3, 0.4) is 0 Å². The number of rotatable bonds is 5. The van der Waals surface area contributed by atoms with Crippen LogP contribution in [-0.2, 0) is 4.74 Å². The van der Waals surface area contributed by atoms with Crippen molar-refractivity contribution in [3.63, 3.8) is 0 Å². The van der Waals surface area contributed by atoms with Gasteiger partial charge in [0.05, 0.1) is 12.8 Å². The molecule has 0 radical (unpaired) electrons. The molecule has 0 bridgehead atoms. The van der Waals surface area contributed by atoms with E-state index in [1.54, 1.807) is 12.1 Å². The number of halogens is 3. The number of aliphatic hydroxyl groups is 3. The number of hydrogen-bond donors (Lipinski definition) is 4. The quantitative estimate of drug-likeness (QED) is 0.405. The average molecular weight is 469 g/mol. The molecule has 3 heterocycles. The third-order valence-electron chi connectivity index (χ3n) is 4.95. The van der Waals surface area contributed by atoms with Crippen LogP contribution in [-0.4, -0.2) is 65.7 Å². The van der Waals surface area contributed by atoms with Crippen molar-refractivity contribution in [3.8, 4) is 11.3 Å². The standard InChI is InChI=1S/C19H18F3N5O4S/c20-10-3-8(4-11(21)15(10)22)12-6-27(26-25-12)16-17(29)13(7-28)31-19(18(16)30)32-9-1-2-24-14(23)5-9/h1-6,13,16-19,28-30H,7H2,(H2,23,24)/t13?,16?,17-,18?,19+/m0/s1. The van der Waals surface area contributed by atoms with Gasteiger partial charge in [0.25, 0.3) is 0 Å². The molecule has 5 atom stereocenters. The van der Waals surface area contributed by atoms with Crippen molar-refractivity contribution < 1.29 is 33.2 Å². The van der Waals surface area contributed by atoms with Crippen LogP contribution in [0.2, 0.25) is 0 Å². The van der Waals surface area contributed by atoms with Crippen molar-refractivity contribution in [2.75, 3.05) is 12.3 Å². The van der Waals surface area contributed by atoms with Crippen LogP contribution in [0.25, 0.3) is 11.3 Å². The van der Waals surface area contributed by atoms with Crippen molar-refractivity contribution >= 4 is 17.6 Å². The molecule has 0 aliphatic carbocycles. The van der Waals surface area contributed by atoms with Crippen molar-refractivity contribution in [1.82, 2.24) is 20.0 Å². The molecule has 2 aromatic heterocycles. The lowest BCUT2D eigenvalue weighted by molar-refractivity contribution is -0.178. The third kappa shape index (κ3) is 4.29. The molecule has 32 heavy (non-hydrogen) atoms. The maximum absolute atomic E-state index is 13.6. The van der Waals surface area contributed by atoms with Gasteiger partial charge in [0.1, 0.15) is 41.3 Å². The molecule has 3 unspecified atom stereocenters. The number of nitrogens with zero attached hydrogens (tertiary/aromatic N) is 4. The number of nitrogens with two attached hydrogens (primary N) is 1. The highest BCUT2D eigenvalue weighted by molar-refractivity contribution is 7.99. The van der Waals surface area contributed by atoms with Crippen LogP contribution in [0.4, 0.5) is 19.0 Å². The van der Waals surface area contributed by atoms with Gasteiger partial charge in [0.15, 0.2) is 17.5 Å². The maximum Gasteiger partial charge on any atom is 0.194 e. The summed E-state index contributed by atoms with van der Waals surface area (Å²) in [4.78, 5) is 4.52. The highest BCUT2D eigenvalue weighted by Crippen LogP contribution is 2.38. The number of thioether (sulfide) groups is 1. The van der Waals surface area contributed by atoms with E-state index < -0.39 is 53.8 Å². The second-order valence-electron chi connectivity index (χ2n) is 7.07. The molecule has 1 fully saturated rings. The van der Waals surface area contributed by atoms with E-state index in [1.807, 2.05) is 0 Å². The van der Waals surface area contributed by atoms with E-state index in [0.29, 0.717) is 4.90 Å². The van der Waals surface area contributed by atoms with Crippen LogP contribution in [0.15, 0.2) is 41.6 Å². The number of aromatic nitrogens is 4. The number of anilines is 1. The van der Waals surface area contributed by atoms with Crippen LogP contribution in [0, 0.1) is 17.5 Å². The van der Waals surface area contributed by atoms with Crippen molar-refractivity contribution in [2.45, 2.75) is 34.7 Å². The average Bonchev–Trinajstić information content (AvgIpc) is 3.23. The van der Waals surface area contributed by atoms with Crippen LogP contribution >= 0.6 is 11.8 Å². The second kappa shape index (κ2) is 9.03. The molecule has 13 heteroatoms. The largest absolute Gasteiger partial charge is 0.394 e. The third-order valence-corrected chi connectivity index (χ3v) is 6.10. The minimum atomic E-state index is -1.61. The van der Waals surface area contributed by atoms with Gasteiger partial charge in [0.2, 0.25) is 0 Å². The fourth-order valence-electron chi connectivity index (χ4n) is 3.37. The van der Waals surface area contributed by atoms with E-state index in [9.17, 15) is 28.5 Å². The Balaban J connectivity index is 1.64. The first-order valence-electron chi connectivity index (χ1n) is 9.36. The van der Waals surface area contributed by atoms with E-state index in [1.165, 1.54) is 12.4 Å². The molecule has 3 aromatic rings. The maximum atomic E-state index is 13.6. The Morgan fingerprint density at radius 3 is 2.50 bits per heavy atom. The first-order valence-corrected chi connectivity index (χ1v) is 10.2. The van der Waals surface area contributed by atoms with Crippen molar-refractivity contribution in [3.05, 3.63) is 54.1 Å². The molecule has 1 saturated heterocycles. The van der Waals surface area contributed by atoms with Gasteiger partial charge in [-0.15, -0.1) is 5.10 Å². The highest BCUT2D eigenvalue weighted by Gasteiger charge is 2.46. The highest BCUT2D eigenvalue weighted by atomic mass is 32.2. The zero-order chi connectivity index (χ0) is 23.0. The Bertz CT molecular complexity index is 1100. The summed E-state index contributed by atoms with van der Waals surface area (Å²) in [5.41, 5.74) is 4.64. The predicted octanol–water partition coefficient (Wildman–Crippen LogP) is 1.11. The molecule has 4 rings (SSSR count). The van der Waals surface area contributed by atoms with E-state index in [4.69, 9.17) is 10.5 Å². The van der Waals surface area contributed by atoms with Gasteiger partial charge in [-0.3, -0.25) is 0 Å². The lowest BCUT2D eigenvalue weighted by Gasteiger charge is -2.41. The van der Waals surface area contributed by atoms with E-state index >= 15 is 0 Å². The zero-order valence-corrected chi connectivity index (χ0v) is 17.0. The number of benzene rings is 1.